The second kappa shape index (κ2) is 12.9. The molecule has 2 aliphatic rings. The molecule has 0 saturated heterocycles. The lowest BCUT2D eigenvalue weighted by Crippen LogP contribution is -2.31. The van der Waals surface area contributed by atoms with E-state index < -0.39 is 29.5 Å². The highest BCUT2D eigenvalue weighted by atomic mass is 19.4. The van der Waals surface area contributed by atoms with Crippen molar-refractivity contribution in [2.75, 3.05) is 29.5 Å². The van der Waals surface area contributed by atoms with Crippen LogP contribution in [0.25, 0.3) is 0 Å². The molecule has 2 aliphatic heterocycles. The van der Waals surface area contributed by atoms with Crippen LogP contribution >= 0.6 is 0 Å². The van der Waals surface area contributed by atoms with Crippen LogP contribution in [0.5, 0.6) is 0 Å². The highest BCUT2D eigenvalue weighted by molar-refractivity contribution is 5.62. The lowest BCUT2D eigenvalue weighted by molar-refractivity contribution is -0.143. The summed E-state index contributed by atoms with van der Waals surface area (Å²) in [6.45, 7) is 2.71. The summed E-state index contributed by atoms with van der Waals surface area (Å²) in [5.41, 5.74) is 1.93. The van der Waals surface area contributed by atoms with Crippen molar-refractivity contribution in [2.24, 2.45) is 7.05 Å². The Labute approximate surface area is 261 Å². The van der Waals surface area contributed by atoms with Crippen molar-refractivity contribution in [1.82, 2.24) is 20.2 Å². The van der Waals surface area contributed by atoms with Crippen LogP contribution < -0.4 is 9.80 Å². The monoisotopic (exact) mass is 646 g/mol. The second-order valence-electron chi connectivity index (χ2n) is 11.5. The summed E-state index contributed by atoms with van der Waals surface area (Å²) >= 11 is 0. The molecule has 3 heterocycles. The summed E-state index contributed by atoms with van der Waals surface area (Å²) in [4.78, 5) is 5.08. The summed E-state index contributed by atoms with van der Waals surface area (Å²) in [6, 6.07) is 15.1. The zero-order chi connectivity index (χ0) is 32.5. The van der Waals surface area contributed by atoms with Gasteiger partial charge in [0.05, 0.1) is 50.6 Å². The van der Waals surface area contributed by atoms with Crippen molar-refractivity contribution >= 4 is 11.6 Å². The van der Waals surface area contributed by atoms with Gasteiger partial charge in [-0.3, -0.25) is 0 Å². The number of tetrazole rings is 1. The molecule has 0 radical (unpaired) electrons. The molecule has 0 bridgehead atoms. The maximum atomic E-state index is 13.8. The molecule has 14 heteroatoms. The average Bonchev–Trinajstić information content (AvgIpc) is 3.62. The molecule has 0 unspecified atom stereocenters. The normalized spacial score (nSPS) is 16.7. The Bertz CT molecular complexity index is 1630. The predicted octanol–water partition coefficient (Wildman–Crippen LogP) is 6.84. The van der Waals surface area contributed by atoms with Crippen LogP contribution in [0, 0.1) is 0 Å². The molecule has 46 heavy (non-hydrogen) atoms. The first-order valence-corrected chi connectivity index (χ1v) is 14.8. The van der Waals surface area contributed by atoms with Gasteiger partial charge in [-0.1, -0.05) is 35.4 Å². The zero-order valence-electron chi connectivity index (χ0n) is 25.0. The Morgan fingerprint density at radius 1 is 0.913 bits per heavy atom. The Morgan fingerprint density at radius 2 is 1.61 bits per heavy atom. The summed E-state index contributed by atoms with van der Waals surface area (Å²) in [5.74, 6) is 0.0980. The molecule has 0 N–H and O–H groups in total. The minimum Gasteiger partial charge on any atom is -0.375 e. The van der Waals surface area contributed by atoms with Crippen molar-refractivity contribution in [3.63, 3.8) is 0 Å². The van der Waals surface area contributed by atoms with E-state index in [4.69, 9.17) is 9.47 Å². The third-order valence-corrected chi connectivity index (χ3v) is 8.22. The number of hydrogen-bond acceptors (Lipinski definition) is 7. The summed E-state index contributed by atoms with van der Waals surface area (Å²) in [7, 11) is 1.54. The third kappa shape index (κ3) is 7.12. The molecular formula is C32H32F6N6O2. The number of nitrogens with zero attached hydrogens (tertiary/aromatic N) is 6. The lowest BCUT2D eigenvalue weighted by Gasteiger charge is -2.33. The number of hydrogen-bond donors (Lipinski definition) is 0. The molecule has 244 valence electrons. The second-order valence-corrected chi connectivity index (χ2v) is 11.5. The molecule has 0 aliphatic carbocycles. The van der Waals surface area contributed by atoms with Crippen LogP contribution in [0.15, 0.2) is 60.7 Å². The number of rotatable bonds is 9. The Balaban J connectivity index is 1.36. The van der Waals surface area contributed by atoms with Gasteiger partial charge in [0.1, 0.15) is 0 Å². The number of halogens is 6. The van der Waals surface area contributed by atoms with Gasteiger partial charge in [0, 0.05) is 25.3 Å². The molecule has 1 aromatic heterocycles. The van der Waals surface area contributed by atoms with Crippen LogP contribution in [0.4, 0.5) is 38.0 Å². The van der Waals surface area contributed by atoms with E-state index in [1.165, 1.54) is 4.80 Å². The smallest absolute Gasteiger partial charge is 0.375 e. The van der Waals surface area contributed by atoms with E-state index in [0.717, 1.165) is 40.1 Å². The number of benzene rings is 3. The Morgan fingerprint density at radius 3 is 2.26 bits per heavy atom. The van der Waals surface area contributed by atoms with E-state index in [9.17, 15) is 26.3 Å². The minimum atomic E-state index is -4.97. The number of aromatic nitrogens is 4. The fraction of sp³-hybridized carbons (Fsp3) is 0.406. The van der Waals surface area contributed by atoms with Gasteiger partial charge in [0.25, 0.3) is 5.95 Å². The molecular weight excluding hydrogens is 614 g/mol. The van der Waals surface area contributed by atoms with E-state index in [2.05, 4.69) is 26.4 Å². The van der Waals surface area contributed by atoms with Crippen LogP contribution in [-0.4, -0.2) is 39.9 Å². The van der Waals surface area contributed by atoms with Gasteiger partial charge in [-0.2, -0.15) is 31.1 Å². The molecule has 8 nitrogen and oxygen atoms in total. The number of ether oxygens (including phenoxy) is 2. The van der Waals surface area contributed by atoms with Gasteiger partial charge in [-0.15, -0.1) is 5.10 Å². The topological polar surface area (TPSA) is 68.5 Å². The molecule has 0 fully saturated rings. The average molecular weight is 647 g/mol. The summed E-state index contributed by atoms with van der Waals surface area (Å²) in [6.07, 6.45) is -8.71. The highest BCUT2D eigenvalue weighted by Crippen LogP contribution is 2.42. The van der Waals surface area contributed by atoms with Gasteiger partial charge >= 0.3 is 12.4 Å². The number of aryl methyl sites for hydroxylation is 1. The maximum Gasteiger partial charge on any atom is 0.416 e. The number of fused-ring (bicyclic) bond motifs is 2. The quantitative estimate of drug-likeness (QED) is 0.146. The fourth-order valence-corrected chi connectivity index (χ4v) is 6.04. The fourth-order valence-electron chi connectivity index (χ4n) is 6.04. The summed E-state index contributed by atoms with van der Waals surface area (Å²) in [5, 5.41) is 12.4. The van der Waals surface area contributed by atoms with Crippen LogP contribution in [0.2, 0.25) is 0 Å². The molecule has 6 rings (SSSR count). The van der Waals surface area contributed by atoms with Crippen molar-refractivity contribution in [1.29, 1.82) is 0 Å². The van der Waals surface area contributed by atoms with Crippen LogP contribution in [0.3, 0.4) is 0 Å². The number of alkyl halides is 6. The van der Waals surface area contributed by atoms with E-state index in [-0.39, 0.29) is 24.1 Å². The van der Waals surface area contributed by atoms with Crippen LogP contribution in [-0.2, 0) is 55.2 Å². The lowest BCUT2D eigenvalue weighted by atomic mass is 9.95. The van der Waals surface area contributed by atoms with Crippen molar-refractivity contribution in [2.45, 2.75) is 57.6 Å². The van der Waals surface area contributed by atoms with Crippen molar-refractivity contribution in [3.05, 3.63) is 99.6 Å². The molecule has 0 saturated carbocycles. The minimum absolute atomic E-state index is 0.0980. The first kappa shape index (κ1) is 31.8. The summed E-state index contributed by atoms with van der Waals surface area (Å²) < 4.78 is 94.2. The first-order chi connectivity index (χ1) is 22.0. The maximum absolute atomic E-state index is 13.8. The highest BCUT2D eigenvalue weighted by Gasteiger charge is 2.38. The SMILES string of the molecule is Cn1nnc(N(Cc2cc(C(F)(F)F)cc(C(F)(F)F)c2)[C@H]2CCCN(CCOCc3ccccc3)c3cc4c(cc32)COC4)n1. The van der Waals surface area contributed by atoms with E-state index >= 15 is 0 Å². The van der Waals surface area contributed by atoms with Crippen LogP contribution in [0.1, 0.15) is 57.8 Å². The molecule has 0 spiro atoms. The van der Waals surface area contributed by atoms with Gasteiger partial charge in [-0.25, -0.2) is 0 Å². The van der Waals surface area contributed by atoms with E-state index in [1.807, 2.05) is 36.4 Å². The Kier molecular flexibility index (Phi) is 8.92. The predicted molar refractivity (Wildman–Crippen MR) is 157 cm³/mol. The molecule has 0 amide bonds. The third-order valence-electron chi connectivity index (χ3n) is 8.22. The van der Waals surface area contributed by atoms with Gasteiger partial charge in [-0.05, 0) is 76.2 Å². The molecule has 3 aromatic carbocycles. The number of anilines is 2. The zero-order valence-corrected chi connectivity index (χ0v) is 25.0. The van der Waals surface area contributed by atoms with Crippen molar-refractivity contribution < 1.29 is 35.8 Å². The van der Waals surface area contributed by atoms with E-state index in [0.29, 0.717) is 52.4 Å². The van der Waals surface area contributed by atoms with Crippen molar-refractivity contribution in [3.8, 4) is 0 Å². The standard InChI is InChI=1S/C32H32F6N6O2/c1-42-40-30(39-41-42)44(17-22-12-25(31(33,34)35)16-26(13-22)32(36,37)38)28-8-5-9-43(10-11-45-18-21-6-3-2-4-7-21)29-15-24-20-46-19-23(24)14-27(28)29/h2-4,6-7,12-16,28H,5,8-11,17-20H2,1H3/t28-/m0/s1. The molecule has 1 atom stereocenters. The largest absolute Gasteiger partial charge is 0.416 e. The van der Waals surface area contributed by atoms with Gasteiger partial charge < -0.3 is 19.3 Å². The van der Waals surface area contributed by atoms with Gasteiger partial charge in [0.15, 0.2) is 0 Å². The first-order valence-electron chi connectivity index (χ1n) is 14.8. The van der Waals surface area contributed by atoms with E-state index in [1.54, 1.807) is 11.9 Å². The van der Waals surface area contributed by atoms with Gasteiger partial charge in [0.2, 0.25) is 0 Å². The Hall–Kier alpha value is -4.17. The molecule has 4 aromatic rings.